The Balaban J connectivity index is -0.000000112. The third-order valence-electron chi connectivity index (χ3n) is 0.247. The maximum Gasteiger partial charge on any atom is 0.289 e. The number of hydrogen-bond acceptors (Lipinski definition) is 6. The van der Waals surface area contributed by atoms with Crippen LogP contribution in [0.3, 0.4) is 0 Å². The highest BCUT2D eigenvalue weighted by molar-refractivity contribution is 7.96. The molecule has 0 aliphatic carbocycles. The fourth-order valence-electron chi connectivity index (χ4n) is 0. The average molecular weight is 216 g/mol. The van der Waals surface area contributed by atoms with Gasteiger partial charge in [-0.2, -0.15) is 0 Å². The smallest absolute Gasteiger partial charge is 0.285 e. The van der Waals surface area contributed by atoms with Gasteiger partial charge < -0.3 is 0 Å². The zero-order valence-corrected chi connectivity index (χ0v) is 7.81. The van der Waals surface area contributed by atoms with Crippen LogP contribution in [-0.2, 0) is 0 Å². The van der Waals surface area contributed by atoms with Crippen molar-refractivity contribution < 1.29 is 9.59 Å². The largest absolute Gasteiger partial charge is 0.289 e. The normalized spacial score (nSPS) is 6.17. The van der Waals surface area contributed by atoms with Crippen molar-refractivity contribution in [3.8, 4) is 0 Å². The van der Waals surface area contributed by atoms with Crippen LogP contribution < -0.4 is 34.2 Å². The van der Waals surface area contributed by atoms with Gasteiger partial charge in [-0.15, -0.1) is 0 Å². The predicted octanol–water partition coefficient (Wildman–Crippen LogP) is -2.18. The van der Waals surface area contributed by atoms with Gasteiger partial charge in [0.25, 0.3) is 10.5 Å². The number of hydrazine groups is 3. The standard InChI is InChI=1S/2CH4N2OS.H4N2/c2*2-3-1(4)5;1-2/h2*2H2,(H2,3,4,5);1-2H2. The van der Waals surface area contributed by atoms with Crippen molar-refractivity contribution in [2.45, 2.75) is 0 Å². The second kappa shape index (κ2) is 16.8. The Hall–Kier alpha value is -0.520. The predicted molar refractivity (Wildman–Crippen MR) is 51.8 cm³/mol. The van der Waals surface area contributed by atoms with Crippen molar-refractivity contribution in [2.24, 2.45) is 23.4 Å². The van der Waals surface area contributed by atoms with Crippen LogP contribution >= 0.6 is 25.3 Å². The quantitative estimate of drug-likeness (QED) is 0.0992. The highest BCUT2D eigenvalue weighted by Gasteiger charge is 1.75. The van der Waals surface area contributed by atoms with E-state index in [2.05, 4.69) is 48.6 Å². The molecule has 12 heavy (non-hydrogen) atoms. The molecule has 2 amide bonds. The highest BCUT2D eigenvalue weighted by Crippen LogP contribution is 1.66. The Morgan fingerprint density at radius 3 is 1.00 bits per heavy atom. The molecule has 0 aromatic rings. The summed E-state index contributed by atoms with van der Waals surface area (Å²) in [7, 11) is 0. The molecule has 0 spiro atoms. The molecule has 10 N–H and O–H groups in total. The maximum absolute atomic E-state index is 9.44. The first kappa shape index (κ1) is 17.5. The van der Waals surface area contributed by atoms with E-state index in [1.807, 2.05) is 0 Å². The van der Waals surface area contributed by atoms with E-state index in [1.54, 1.807) is 10.9 Å². The SMILES string of the molecule is NN.NNC(=O)S.NNC(=O)S. The van der Waals surface area contributed by atoms with Gasteiger partial charge in [0.05, 0.1) is 0 Å². The maximum atomic E-state index is 9.44. The van der Waals surface area contributed by atoms with E-state index in [0.717, 1.165) is 0 Å². The molecule has 10 heteroatoms. The molecule has 0 saturated heterocycles. The number of carbonyl (C=O) groups is 2. The van der Waals surface area contributed by atoms with Gasteiger partial charge in [0, 0.05) is 0 Å². The number of nitrogens with one attached hydrogen (secondary N) is 2. The highest BCUT2D eigenvalue weighted by atomic mass is 32.1. The molecule has 0 aliphatic heterocycles. The summed E-state index contributed by atoms with van der Waals surface area (Å²) in [5.74, 6) is 17.0. The second-order valence-corrected chi connectivity index (χ2v) is 1.71. The minimum Gasteiger partial charge on any atom is -0.285 e. The Morgan fingerprint density at radius 1 is 0.917 bits per heavy atom. The van der Waals surface area contributed by atoms with E-state index >= 15 is 0 Å². The molecule has 0 aliphatic rings. The van der Waals surface area contributed by atoms with Crippen molar-refractivity contribution >= 4 is 35.7 Å². The summed E-state index contributed by atoms with van der Waals surface area (Å²) in [6.45, 7) is 0. The van der Waals surface area contributed by atoms with Gasteiger partial charge in [-0.05, 0) is 0 Å². The van der Waals surface area contributed by atoms with Gasteiger partial charge in [-0.3, -0.25) is 32.1 Å². The van der Waals surface area contributed by atoms with Crippen molar-refractivity contribution in [3.63, 3.8) is 0 Å². The van der Waals surface area contributed by atoms with E-state index in [9.17, 15) is 9.59 Å². The van der Waals surface area contributed by atoms with Crippen molar-refractivity contribution in [1.82, 2.24) is 10.9 Å². The van der Waals surface area contributed by atoms with Crippen molar-refractivity contribution in [2.75, 3.05) is 0 Å². The fraction of sp³-hybridized carbons (Fsp3) is 0. The topological polar surface area (TPSA) is 162 Å². The summed E-state index contributed by atoms with van der Waals surface area (Å²) >= 11 is 6.45. The monoisotopic (exact) mass is 216 g/mol. The lowest BCUT2D eigenvalue weighted by atomic mass is 11.4. The zero-order chi connectivity index (χ0) is 10.6. The number of hydrogen-bond donors (Lipinski definition) is 8. The summed E-state index contributed by atoms with van der Waals surface area (Å²) in [5.41, 5.74) is 3.51. The number of nitrogens with two attached hydrogens (primary N) is 4. The first-order valence-corrected chi connectivity index (χ1v) is 3.16. The van der Waals surface area contributed by atoms with Crippen LogP contribution in [0.2, 0.25) is 0 Å². The van der Waals surface area contributed by atoms with Gasteiger partial charge in [-0.1, -0.05) is 25.3 Å². The lowest BCUT2D eigenvalue weighted by Gasteiger charge is -1.79. The average Bonchev–Trinajstić information content (AvgIpc) is 2.09. The van der Waals surface area contributed by atoms with Crippen LogP contribution in [0.4, 0.5) is 9.59 Å². The Morgan fingerprint density at radius 2 is 1.00 bits per heavy atom. The van der Waals surface area contributed by atoms with Crippen LogP contribution in [0.15, 0.2) is 0 Å². The van der Waals surface area contributed by atoms with Crippen molar-refractivity contribution in [3.05, 3.63) is 0 Å². The van der Waals surface area contributed by atoms with Crippen LogP contribution in [0.25, 0.3) is 0 Å². The second-order valence-electron chi connectivity index (χ2n) is 0.899. The molecule has 0 bridgehead atoms. The molecule has 8 nitrogen and oxygen atoms in total. The third-order valence-corrected chi connectivity index (χ3v) is 0.505. The van der Waals surface area contributed by atoms with E-state index in [4.69, 9.17) is 0 Å². The van der Waals surface area contributed by atoms with Crippen molar-refractivity contribution in [1.29, 1.82) is 0 Å². The molecule has 0 heterocycles. The molecule has 74 valence electrons. The molecule has 0 atom stereocenters. The van der Waals surface area contributed by atoms with E-state index in [1.165, 1.54) is 0 Å². The first-order valence-electron chi connectivity index (χ1n) is 2.27. The molecule has 0 aromatic heterocycles. The number of amides is 2. The fourth-order valence-corrected chi connectivity index (χ4v) is 0. The summed E-state index contributed by atoms with van der Waals surface area (Å²) in [6, 6.07) is 0. The summed E-state index contributed by atoms with van der Waals surface area (Å²) in [5, 5.41) is -1.05. The van der Waals surface area contributed by atoms with E-state index in [0.29, 0.717) is 0 Å². The summed E-state index contributed by atoms with van der Waals surface area (Å²) in [4.78, 5) is 18.9. The summed E-state index contributed by atoms with van der Waals surface area (Å²) in [6.07, 6.45) is 0. The zero-order valence-electron chi connectivity index (χ0n) is 6.02. The van der Waals surface area contributed by atoms with Gasteiger partial charge in [0.2, 0.25) is 0 Å². The Bertz CT molecular complexity index is 106. The van der Waals surface area contributed by atoms with Crippen LogP contribution in [0, 0.1) is 0 Å². The lowest BCUT2D eigenvalue weighted by Crippen LogP contribution is -2.23. The number of carbonyl (C=O) groups excluding carboxylic acids is 2. The number of rotatable bonds is 0. The van der Waals surface area contributed by atoms with Crippen LogP contribution in [-0.4, -0.2) is 10.5 Å². The molecule has 0 fully saturated rings. The molecule has 0 saturated carbocycles. The van der Waals surface area contributed by atoms with Gasteiger partial charge in [-0.25, -0.2) is 11.7 Å². The van der Waals surface area contributed by atoms with E-state index < -0.39 is 10.5 Å². The van der Waals surface area contributed by atoms with Crippen LogP contribution in [0.1, 0.15) is 0 Å². The molecular weight excluding hydrogens is 204 g/mol. The Labute approximate surface area is 80.1 Å². The minimum absolute atomic E-state index is 0.523. The first-order chi connectivity index (χ1) is 5.54. The molecule has 0 aromatic carbocycles. The Kier molecular flexibility index (Phi) is 24.6. The molecule has 0 unspecified atom stereocenters. The molecule has 0 rings (SSSR count). The van der Waals surface area contributed by atoms with E-state index in [-0.39, 0.29) is 0 Å². The third kappa shape index (κ3) is 56.3. The van der Waals surface area contributed by atoms with Gasteiger partial charge in [0.15, 0.2) is 0 Å². The van der Waals surface area contributed by atoms with Crippen LogP contribution in [0.5, 0.6) is 0 Å². The van der Waals surface area contributed by atoms with Gasteiger partial charge in [0.1, 0.15) is 0 Å². The number of thiol groups is 2. The summed E-state index contributed by atoms with van der Waals surface area (Å²) < 4.78 is 0. The van der Waals surface area contributed by atoms with Gasteiger partial charge >= 0.3 is 0 Å². The lowest BCUT2D eigenvalue weighted by molar-refractivity contribution is 0.260. The minimum atomic E-state index is -0.523. The molecular formula is C2H12N6O2S2. The molecule has 0 radical (unpaired) electrons.